The van der Waals surface area contributed by atoms with Gasteiger partial charge in [-0.2, -0.15) is 5.10 Å². The van der Waals surface area contributed by atoms with Gasteiger partial charge in [0.2, 0.25) is 0 Å². The Kier molecular flexibility index (Phi) is 7.46. The highest BCUT2D eigenvalue weighted by atomic mass is 16.2. The second kappa shape index (κ2) is 11.4. The number of hydrazone groups is 1. The van der Waals surface area contributed by atoms with Crippen LogP contribution < -0.4 is 15.6 Å². The molecule has 0 saturated heterocycles. The molecule has 0 unspecified atom stereocenters. The van der Waals surface area contributed by atoms with Gasteiger partial charge in [0.15, 0.2) is 0 Å². The van der Waals surface area contributed by atoms with Crippen molar-refractivity contribution in [2.75, 3.05) is 19.0 Å². The maximum absolute atomic E-state index is 13.3. The van der Waals surface area contributed by atoms with E-state index >= 15 is 0 Å². The van der Waals surface area contributed by atoms with Crippen molar-refractivity contribution in [3.05, 3.63) is 132 Å². The van der Waals surface area contributed by atoms with Crippen LogP contribution in [0.4, 0.5) is 5.69 Å². The lowest BCUT2D eigenvalue weighted by Crippen LogP contribution is -2.32. The number of rotatable bonds is 7. The lowest BCUT2D eigenvalue weighted by atomic mass is 9.97. The van der Waals surface area contributed by atoms with Crippen molar-refractivity contribution in [2.24, 2.45) is 5.10 Å². The number of carbonyl (C=O) groups excluding carboxylic acids is 2. The molecule has 192 valence electrons. The molecule has 2 N–H and O–H groups in total. The van der Waals surface area contributed by atoms with Crippen molar-refractivity contribution in [1.29, 1.82) is 0 Å². The molecule has 5 aromatic rings. The van der Waals surface area contributed by atoms with Crippen molar-refractivity contribution in [2.45, 2.75) is 0 Å². The fourth-order valence-corrected chi connectivity index (χ4v) is 4.38. The van der Waals surface area contributed by atoms with Gasteiger partial charge in [-0.1, -0.05) is 78.9 Å². The Balaban J connectivity index is 1.45. The zero-order valence-electron chi connectivity index (χ0n) is 21.8. The number of hydrogen-bond acceptors (Lipinski definition) is 4. The third-order valence-electron chi connectivity index (χ3n) is 6.42. The molecule has 0 aromatic heterocycles. The minimum Gasteiger partial charge on any atom is -0.378 e. The van der Waals surface area contributed by atoms with E-state index in [2.05, 4.69) is 34.0 Å². The van der Waals surface area contributed by atoms with Crippen LogP contribution in [0, 0.1) is 0 Å². The second-order valence-electron chi connectivity index (χ2n) is 9.30. The van der Waals surface area contributed by atoms with Gasteiger partial charge < -0.3 is 10.2 Å². The number of nitrogens with one attached hydrogen (secondary N) is 2. The van der Waals surface area contributed by atoms with Gasteiger partial charge in [-0.05, 0) is 63.5 Å². The summed E-state index contributed by atoms with van der Waals surface area (Å²) in [4.78, 5) is 28.2. The highest BCUT2D eigenvalue weighted by Crippen LogP contribution is 2.27. The first-order valence-corrected chi connectivity index (χ1v) is 12.6. The van der Waals surface area contributed by atoms with Crippen LogP contribution in [0.1, 0.15) is 21.5 Å². The fourth-order valence-electron chi connectivity index (χ4n) is 4.38. The summed E-state index contributed by atoms with van der Waals surface area (Å²) in [5.74, 6) is -0.914. The summed E-state index contributed by atoms with van der Waals surface area (Å²) < 4.78 is 0. The Labute approximate surface area is 227 Å². The van der Waals surface area contributed by atoms with E-state index in [9.17, 15) is 9.59 Å². The number of benzene rings is 5. The summed E-state index contributed by atoms with van der Waals surface area (Å²) in [5.41, 5.74) is 5.84. The topological polar surface area (TPSA) is 73.8 Å². The van der Waals surface area contributed by atoms with Gasteiger partial charge in [-0.3, -0.25) is 9.59 Å². The third kappa shape index (κ3) is 5.86. The largest absolute Gasteiger partial charge is 0.378 e. The van der Waals surface area contributed by atoms with Crippen LogP contribution >= 0.6 is 0 Å². The van der Waals surface area contributed by atoms with Crippen molar-refractivity contribution in [3.8, 4) is 0 Å². The monoisotopic (exact) mass is 512 g/mol. The predicted molar refractivity (Wildman–Crippen MR) is 160 cm³/mol. The SMILES string of the molecule is CN(C)c1ccc(/C=C(\NC(=O)c2ccccc2)C(=O)N/N=C/c2c3ccccc3cc3ccccc23)cc1. The summed E-state index contributed by atoms with van der Waals surface area (Å²) in [6, 6.07) is 34.7. The van der Waals surface area contributed by atoms with E-state index in [4.69, 9.17) is 0 Å². The van der Waals surface area contributed by atoms with Gasteiger partial charge in [-0.25, -0.2) is 5.43 Å². The van der Waals surface area contributed by atoms with Gasteiger partial charge in [0.25, 0.3) is 11.8 Å². The van der Waals surface area contributed by atoms with Crippen molar-refractivity contribution in [3.63, 3.8) is 0 Å². The Hall–Kier alpha value is -5.23. The molecule has 0 fully saturated rings. The van der Waals surface area contributed by atoms with Gasteiger partial charge in [0, 0.05) is 30.9 Å². The maximum Gasteiger partial charge on any atom is 0.287 e. The maximum atomic E-state index is 13.3. The molecule has 0 aliphatic rings. The Bertz CT molecular complexity index is 1650. The van der Waals surface area contributed by atoms with Crippen LogP contribution in [-0.4, -0.2) is 32.1 Å². The van der Waals surface area contributed by atoms with E-state index in [1.807, 2.05) is 85.7 Å². The van der Waals surface area contributed by atoms with Crippen LogP contribution in [0.15, 0.2) is 120 Å². The lowest BCUT2D eigenvalue weighted by molar-refractivity contribution is -0.117. The first kappa shape index (κ1) is 25.4. The molecule has 6 nitrogen and oxygen atoms in total. The first-order valence-electron chi connectivity index (χ1n) is 12.6. The number of hydrogen-bond donors (Lipinski definition) is 2. The smallest absolute Gasteiger partial charge is 0.287 e. The number of nitrogens with zero attached hydrogens (tertiary/aromatic N) is 2. The average molecular weight is 513 g/mol. The molecule has 0 spiro atoms. The molecule has 5 rings (SSSR count). The van der Waals surface area contributed by atoms with Gasteiger partial charge in [-0.15, -0.1) is 0 Å². The molecular weight excluding hydrogens is 484 g/mol. The number of anilines is 1. The van der Waals surface area contributed by atoms with E-state index in [-0.39, 0.29) is 11.6 Å². The summed E-state index contributed by atoms with van der Waals surface area (Å²) in [6.45, 7) is 0. The lowest BCUT2D eigenvalue weighted by Gasteiger charge is -2.13. The standard InChI is InChI=1S/C33H28N4O2/c1-37(2)27-18-16-23(17-19-27)20-31(35-32(38)24-10-4-3-5-11-24)33(39)36-34-22-30-28-14-8-6-12-25(28)21-26-13-7-9-15-29(26)30/h3-22H,1-2H3,(H,35,38)(H,36,39)/b31-20-,34-22+. The van der Waals surface area contributed by atoms with Gasteiger partial charge >= 0.3 is 0 Å². The molecule has 0 aliphatic carbocycles. The van der Waals surface area contributed by atoms with Crippen LogP contribution in [0.3, 0.4) is 0 Å². The van der Waals surface area contributed by atoms with E-state index < -0.39 is 5.91 Å². The molecule has 39 heavy (non-hydrogen) atoms. The minimum absolute atomic E-state index is 0.0846. The van der Waals surface area contributed by atoms with E-state index in [1.165, 1.54) is 0 Å². The molecule has 0 bridgehead atoms. The quantitative estimate of drug-likeness (QED) is 0.122. The summed E-state index contributed by atoms with van der Waals surface area (Å²) in [7, 11) is 3.92. The normalized spacial score (nSPS) is 11.6. The Morgan fingerprint density at radius 3 is 1.95 bits per heavy atom. The van der Waals surface area contributed by atoms with Crippen LogP contribution in [0.2, 0.25) is 0 Å². The molecule has 0 radical (unpaired) electrons. The second-order valence-corrected chi connectivity index (χ2v) is 9.30. The summed E-state index contributed by atoms with van der Waals surface area (Å²) >= 11 is 0. The van der Waals surface area contributed by atoms with Gasteiger partial charge in [0.05, 0.1) is 6.21 Å². The Morgan fingerprint density at radius 1 is 0.744 bits per heavy atom. The van der Waals surface area contributed by atoms with E-state index in [0.29, 0.717) is 5.56 Å². The fraction of sp³-hybridized carbons (Fsp3) is 0.0606. The molecule has 5 aromatic carbocycles. The highest BCUT2D eigenvalue weighted by molar-refractivity contribution is 6.13. The molecular formula is C33H28N4O2. The number of fused-ring (bicyclic) bond motifs is 2. The van der Waals surface area contributed by atoms with E-state index in [0.717, 1.165) is 38.4 Å². The number of carbonyl (C=O) groups is 2. The van der Waals surface area contributed by atoms with Crippen LogP contribution in [0.5, 0.6) is 0 Å². The molecule has 0 heterocycles. The minimum atomic E-state index is -0.531. The van der Waals surface area contributed by atoms with Gasteiger partial charge in [0.1, 0.15) is 5.70 Å². The average Bonchev–Trinajstić information content (AvgIpc) is 2.97. The molecule has 0 aliphatic heterocycles. The molecule has 2 amide bonds. The summed E-state index contributed by atoms with van der Waals surface area (Å²) in [6.07, 6.45) is 3.30. The van der Waals surface area contributed by atoms with Crippen LogP contribution in [0.25, 0.3) is 27.6 Å². The zero-order chi connectivity index (χ0) is 27.2. The highest BCUT2D eigenvalue weighted by Gasteiger charge is 2.15. The van der Waals surface area contributed by atoms with Crippen molar-refractivity contribution in [1.82, 2.24) is 10.7 Å². The third-order valence-corrected chi connectivity index (χ3v) is 6.42. The first-order chi connectivity index (χ1) is 19.0. The van der Waals surface area contributed by atoms with Crippen molar-refractivity contribution < 1.29 is 9.59 Å². The Morgan fingerprint density at radius 2 is 1.33 bits per heavy atom. The zero-order valence-corrected chi connectivity index (χ0v) is 21.8. The predicted octanol–water partition coefficient (Wildman–Crippen LogP) is 5.98. The number of amides is 2. The van der Waals surface area contributed by atoms with E-state index in [1.54, 1.807) is 36.6 Å². The molecule has 0 saturated carbocycles. The summed E-state index contributed by atoms with van der Waals surface area (Å²) in [5, 5.41) is 11.3. The molecule has 6 heteroatoms. The molecule has 0 atom stereocenters. The van der Waals surface area contributed by atoms with Crippen LogP contribution in [-0.2, 0) is 4.79 Å². The van der Waals surface area contributed by atoms with Crippen molar-refractivity contribution >= 4 is 51.3 Å².